The van der Waals surface area contributed by atoms with Crippen molar-refractivity contribution in [1.82, 2.24) is 29.7 Å². The number of halogens is 1. The predicted octanol–water partition coefficient (Wildman–Crippen LogP) is 2.67. The van der Waals surface area contributed by atoms with E-state index in [9.17, 15) is 0 Å². The molecule has 0 amide bonds. The molecule has 1 aromatic carbocycles. The SMILES string of the molecule is CN1CCN(c2cnc3ccc(Cc4nnc5ccc(Cl)nn45)cc3c2)CC1. The van der Waals surface area contributed by atoms with E-state index >= 15 is 0 Å². The summed E-state index contributed by atoms with van der Waals surface area (Å²) >= 11 is 6.03. The molecule has 0 N–H and O–H groups in total. The van der Waals surface area contributed by atoms with Crippen LogP contribution in [0.5, 0.6) is 0 Å². The smallest absolute Gasteiger partial charge is 0.178 e. The van der Waals surface area contributed by atoms with Crippen LogP contribution in [-0.4, -0.2) is 62.9 Å². The highest BCUT2D eigenvalue weighted by Crippen LogP contribution is 2.23. The molecule has 0 bridgehead atoms. The highest BCUT2D eigenvalue weighted by molar-refractivity contribution is 6.29. The van der Waals surface area contributed by atoms with E-state index in [1.54, 1.807) is 10.6 Å². The van der Waals surface area contributed by atoms with Crippen LogP contribution in [0.3, 0.4) is 0 Å². The van der Waals surface area contributed by atoms with Gasteiger partial charge >= 0.3 is 0 Å². The van der Waals surface area contributed by atoms with Crippen LogP contribution < -0.4 is 4.90 Å². The van der Waals surface area contributed by atoms with E-state index in [1.807, 2.05) is 12.3 Å². The summed E-state index contributed by atoms with van der Waals surface area (Å²) in [6.45, 7) is 4.21. The number of rotatable bonds is 3. The molecule has 3 aromatic heterocycles. The van der Waals surface area contributed by atoms with Gasteiger partial charge < -0.3 is 9.80 Å². The van der Waals surface area contributed by atoms with E-state index in [0.29, 0.717) is 17.2 Å². The number of pyridine rings is 1. The van der Waals surface area contributed by atoms with Crippen molar-refractivity contribution in [1.29, 1.82) is 0 Å². The molecule has 0 aliphatic carbocycles. The van der Waals surface area contributed by atoms with Crippen LogP contribution in [-0.2, 0) is 6.42 Å². The van der Waals surface area contributed by atoms with Crippen molar-refractivity contribution < 1.29 is 0 Å². The van der Waals surface area contributed by atoms with Crippen LogP contribution in [0.1, 0.15) is 11.4 Å². The summed E-state index contributed by atoms with van der Waals surface area (Å²) in [5.74, 6) is 0.764. The van der Waals surface area contributed by atoms with Crippen molar-refractivity contribution >= 4 is 33.8 Å². The third kappa shape index (κ3) is 3.27. The average molecular weight is 394 g/mol. The monoisotopic (exact) mass is 393 g/mol. The number of aromatic nitrogens is 5. The van der Waals surface area contributed by atoms with Gasteiger partial charge in [0.25, 0.3) is 0 Å². The Hall–Kier alpha value is -2.77. The van der Waals surface area contributed by atoms with Crippen molar-refractivity contribution in [3.05, 3.63) is 59.1 Å². The summed E-state index contributed by atoms with van der Waals surface area (Å²) in [5.41, 5.74) is 4.01. The quantitative estimate of drug-likeness (QED) is 0.533. The molecule has 0 unspecified atom stereocenters. The lowest BCUT2D eigenvalue weighted by Gasteiger charge is -2.33. The second-order valence-corrected chi connectivity index (χ2v) is 7.62. The molecular formula is C20H20ClN7. The van der Waals surface area contributed by atoms with Gasteiger partial charge in [-0.15, -0.1) is 10.2 Å². The minimum Gasteiger partial charge on any atom is -0.368 e. The lowest BCUT2D eigenvalue weighted by molar-refractivity contribution is 0.313. The molecule has 1 aliphatic rings. The predicted molar refractivity (Wildman–Crippen MR) is 110 cm³/mol. The fourth-order valence-corrected chi connectivity index (χ4v) is 3.76. The Morgan fingerprint density at radius 1 is 1.00 bits per heavy atom. The van der Waals surface area contributed by atoms with Gasteiger partial charge in [0.05, 0.1) is 17.4 Å². The first-order chi connectivity index (χ1) is 13.7. The fraction of sp³-hybridized carbons (Fsp3) is 0.300. The Kier molecular flexibility index (Phi) is 4.33. The molecule has 4 aromatic rings. The number of benzene rings is 1. The summed E-state index contributed by atoms with van der Waals surface area (Å²) in [6, 6.07) is 12.1. The Morgan fingerprint density at radius 2 is 1.86 bits per heavy atom. The van der Waals surface area contributed by atoms with Crippen molar-refractivity contribution in [2.45, 2.75) is 6.42 Å². The first kappa shape index (κ1) is 17.3. The van der Waals surface area contributed by atoms with Gasteiger partial charge in [-0.1, -0.05) is 17.7 Å². The minimum absolute atomic E-state index is 0.424. The molecular weight excluding hydrogens is 374 g/mol. The van der Waals surface area contributed by atoms with Gasteiger partial charge in [0.1, 0.15) is 5.15 Å². The van der Waals surface area contributed by atoms with Crippen LogP contribution in [0.2, 0.25) is 5.15 Å². The number of anilines is 1. The van der Waals surface area contributed by atoms with Crippen LogP contribution >= 0.6 is 11.6 Å². The zero-order valence-corrected chi connectivity index (χ0v) is 16.3. The molecule has 28 heavy (non-hydrogen) atoms. The maximum atomic E-state index is 6.03. The normalized spacial score (nSPS) is 15.6. The van der Waals surface area contributed by atoms with Gasteiger partial charge in [0, 0.05) is 38.0 Å². The second kappa shape index (κ2) is 7.00. The van der Waals surface area contributed by atoms with E-state index in [-0.39, 0.29) is 0 Å². The minimum atomic E-state index is 0.424. The Morgan fingerprint density at radius 3 is 2.71 bits per heavy atom. The zero-order valence-electron chi connectivity index (χ0n) is 15.6. The van der Waals surface area contributed by atoms with Gasteiger partial charge in [0.2, 0.25) is 0 Å². The Balaban J connectivity index is 1.45. The molecule has 0 saturated carbocycles. The summed E-state index contributed by atoms with van der Waals surface area (Å²) in [4.78, 5) is 9.41. The second-order valence-electron chi connectivity index (χ2n) is 7.23. The molecule has 0 spiro atoms. The summed E-state index contributed by atoms with van der Waals surface area (Å²) < 4.78 is 1.70. The molecule has 0 radical (unpaired) electrons. The van der Waals surface area contributed by atoms with Crippen molar-refractivity contribution in [2.75, 3.05) is 38.1 Å². The number of fused-ring (bicyclic) bond motifs is 2. The van der Waals surface area contributed by atoms with Gasteiger partial charge in [0.15, 0.2) is 11.5 Å². The first-order valence-electron chi connectivity index (χ1n) is 9.35. The van der Waals surface area contributed by atoms with Crippen molar-refractivity contribution in [2.24, 2.45) is 0 Å². The number of likely N-dealkylation sites (N-methyl/N-ethyl adjacent to an activating group) is 1. The summed E-state index contributed by atoms with van der Waals surface area (Å²) in [5, 5.41) is 14.3. The summed E-state index contributed by atoms with van der Waals surface area (Å²) in [7, 11) is 2.17. The van der Waals surface area contributed by atoms with Crippen LogP contribution in [0, 0.1) is 0 Å². The van der Waals surface area contributed by atoms with E-state index in [1.165, 1.54) is 5.69 Å². The highest BCUT2D eigenvalue weighted by atomic mass is 35.5. The lowest BCUT2D eigenvalue weighted by atomic mass is 10.1. The molecule has 4 heterocycles. The van der Waals surface area contributed by atoms with Crippen LogP contribution in [0.25, 0.3) is 16.6 Å². The molecule has 5 rings (SSSR count). The molecule has 142 valence electrons. The van der Waals surface area contributed by atoms with Gasteiger partial charge in [-0.05, 0) is 42.9 Å². The van der Waals surface area contributed by atoms with Crippen LogP contribution in [0.15, 0.2) is 42.6 Å². The molecule has 1 aliphatic heterocycles. The van der Waals surface area contributed by atoms with E-state index < -0.39 is 0 Å². The number of nitrogens with zero attached hydrogens (tertiary/aromatic N) is 7. The average Bonchev–Trinajstić information content (AvgIpc) is 3.10. The number of hydrogen-bond acceptors (Lipinski definition) is 6. The molecule has 8 heteroatoms. The third-order valence-electron chi connectivity index (χ3n) is 5.26. The molecule has 0 atom stereocenters. The fourth-order valence-electron chi connectivity index (χ4n) is 3.62. The first-order valence-corrected chi connectivity index (χ1v) is 9.72. The van der Waals surface area contributed by atoms with E-state index in [0.717, 1.165) is 48.5 Å². The van der Waals surface area contributed by atoms with E-state index in [4.69, 9.17) is 11.6 Å². The van der Waals surface area contributed by atoms with Gasteiger partial charge in [-0.25, -0.2) is 0 Å². The maximum absolute atomic E-state index is 6.03. The van der Waals surface area contributed by atoms with Crippen molar-refractivity contribution in [3.63, 3.8) is 0 Å². The van der Waals surface area contributed by atoms with Gasteiger partial charge in [-0.2, -0.15) is 9.61 Å². The zero-order chi connectivity index (χ0) is 19.1. The lowest BCUT2D eigenvalue weighted by Crippen LogP contribution is -2.44. The maximum Gasteiger partial charge on any atom is 0.178 e. The van der Waals surface area contributed by atoms with Gasteiger partial charge in [-0.3, -0.25) is 4.98 Å². The molecule has 1 saturated heterocycles. The molecule has 7 nitrogen and oxygen atoms in total. The van der Waals surface area contributed by atoms with Crippen LogP contribution in [0.4, 0.5) is 5.69 Å². The van der Waals surface area contributed by atoms with E-state index in [2.05, 4.69) is 61.4 Å². The number of hydrogen-bond donors (Lipinski definition) is 0. The molecule has 1 fully saturated rings. The topological polar surface area (TPSA) is 62.5 Å². The third-order valence-corrected chi connectivity index (χ3v) is 5.46. The standard InChI is InChI=1S/C20H20ClN7/c1-26-6-8-27(9-7-26)16-12-15-10-14(2-3-17(15)22-13-16)11-20-24-23-19-5-4-18(21)25-28(19)20/h2-5,10,12-13H,6-9,11H2,1H3. The largest absolute Gasteiger partial charge is 0.368 e. The Labute approximate surface area is 167 Å². The number of piperazine rings is 1. The van der Waals surface area contributed by atoms with Crippen molar-refractivity contribution in [3.8, 4) is 0 Å². The Bertz CT molecular complexity index is 1150. The summed E-state index contributed by atoms with van der Waals surface area (Å²) in [6.07, 6.45) is 2.61. The highest BCUT2D eigenvalue weighted by Gasteiger charge is 2.15.